The highest BCUT2D eigenvalue weighted by Gasteiger charge is 2.15. The minimum Gasteiger partial charge on any atom is -0.332 e. The molecule has 5 nitrogen and oxygen atoms in total. The zero-order valence-electron chi connectivity index (χ0n) is 12.8. The molecule has 0 aliphatic rings. The third-order valence-corrected chi connectivity index (χ3v) is 4.32. The first-order valence-electron chi connectivity index (χ1n) is 6.99. The number of amides is 2. The molecule has 0 aliphatic carbocycles. The van der Waals surface area contributed by atoms with Crippen molar-refractivity contribution in [1.82, 2.24) is 15.6 Å². The summed E-state index contributed by atoms with van der Waals surface area (Å²) in [6, 6.07) is 8.73. The fourth-order valence-corrected chi connectivity index (χ4v) is 2.81. The van der Waals surface area contributed by atoms with E-state index in [0.29, 0.717) is 5.56 Å². The van der Waals surface area contributed by atoms with Gasteiger partial charge in [0.15, 0.2) is 0 Å². The van der Waals surface area contributed by atoms with Gasteiger partial charge in [-0.05, 0) is 38.5 Å². The van der Waals surface area contributed by atoms with Crippen molar-refractivity contribution in [3.63, 3.8) is 0 Å². The summed E-state index contributed by atoms with van der Waals surface area (Å²) in [6.07, 6.45) is 1.80. The number of nitriles is 1. The van der Waals surface area contributed by atoms with Gasteiger partial charge in [-0.3, -0.25) is 0 Å². The van der Waals surface area contributed by atoms with Gasteiger partial charge in [0.1, 0.15) is 5.01 Å². The molecule has 0 saturated heterocycles. The second-order valence-electron chi connectivity index (χ2n) is 5.11. The Hall–Kier alpha value is -2.39. The summed E-state index contributed by atoms with van der Waals surface area (Å²) in [4.78, 5) is 17.4. The van der Waals surface area contributed by atoms with E-state index in [0.717, 1.165) is 15.4 Å². The fraction of sp³-hybridized carbons (Fsp3) is 0.312. The van der Waals surface area contributed by atoms with Crippen LogP contribution >= 0.6 is 11.3 Å². The Morgan fingerprint density at radius 2 is 2.05 bits per heavy atom. The van der Waals surface area contributed by atoms with Crippen LogP contribution in [0.2, 0.25) is 0 Å². The van der Waals surface area contributed by atoms with Crippen molar-refractivity contribution in [2.75, 3.05) is 0 Å². The maximum Gasteiger partial charge on any atom is 0.315 e. The lowest BCUT2D eigenvalue weighted by atomic mass is 10.1. The standard InChI is InChI=1S/C16H18N4OS/c1-10-9-18-15(22-10)12(3)20-16(21)19-11(2)14-6-4-5-13(7-14)8-17/h4-7,9,11-12H,1-3H3,(H2,19,20,21)/t11-,12+/m0/s1. The number of nitrogens with zero attached hydrogens (tertiary/aromatic N) is 2. The van der Waals surface area contributed by atoms with Gasteiger partial charge in [0.25, 0.3) is 0 Å². The summed E-state index contributed by atoms with van der Waals surface area (Å²) in [5.74, 6) is 0. The van der Waals surface area contributed by atoms with Crippen LogP contribution in [0.4, 0.5) is 4.79 Å². The Kier molecular flexibility index (Phi) is 5.12. The Balaban J connectivity index is 1.95. The molecule has 1 aromatic carbocycles. The van der Waals surface area contributed by atoms with Gasteiger partial charge >= 0.3 is 6.03 Å². The maximum absolute atomic E-state index is 12.1. The Labute approximate surface area is 134 Å². The molecule has 114 valence electrons. The molecular formula is C16H18N4OS. The van der Waals surface area contributed by atoms with Crippen molar-refractivity contribution in [1.29, 1.82) is 5.26 Å². The third kappa shape index (κ3) is 4.06. The minimum absolute atomic E-state index is 0.142. The van der Waals surface area contributed by atoms with Gasteiger partial charge in [0.2, 0.25) is 0 Å². The van der Waals surface area contributed by atoms with Crippen LogP contribution in [0.3, 0.4) is 0 Å². The molecular weight excluding hydrogens is 296 g/mol. The van der Waals surface area contributed by atoms with Gasteiger partial charge in [-0.1, -0.05) is 12.1 Å². The quantitative estimate of drug-likeness (QED) is 0.907. The predicted octanol–water partition coefficient (Wildman–Crippen LogP) is 3.44. The fourth-order valence-electron chi connectivity index (χ4n) is 2.03. The van der Waals surface area contributed by atoms with Crippen LogP contribution in [0, 0.1) is 18.3 Å². The van der Waals surface area contributed by atoms with Gasteiger partial charge in [0.05, 0.1) is 23.7 Å². The maximum atomic E-state index is 12.1. The Bertz CT molecular complexity index is 704. The highest BCUT2D eigenvalue weighted by Crippen LogP contribution is 2.19. The number of carbonyl (C=O) groups is 1. The Morgan fingerprint density at radius 1 is 1.32 bits per heavy atom. The lowest BCUT2D eigenvalue weighted by Crippen LogP contribution is -2.38. The molecule has 1 heterocycles. The summed E-state index contributed by atoms with van der Waals surface area (Å²) >= 11 is 1.57. The SMILES string of the molecule is Cc1cnc([C@@H](C)NC(=O)N[C@@H](C)c2cccc(C#N)c2)s1. The summed E-state index contributed by atoms with van der Waals surface area (Å²) in [6.45, 7) is 5.77. The molecule has 0 aliphatic heterocycles. The molecule has 1 aromatic heterocycles. The molecule has 0 unspecified atom stereocenters. The lowest BCUT2D eigenvalue weighted by Gasteiger charge is -2.17. The molecule has 2 amide bonds. The molecule has 0 radical (unpaired) electrons. The third-order valence-electron chi connectivity index (χ3n) is 3.22. The van der Waals surface area contributed by atoms with E-state index >= 15 is 0 Å². The number of carbonyl (C=O) groups excluding carboxylic acids is 1. The summed E-state index contributed by atoms with van der Waals surface area (Å²) < 4.78 is 0. The topological polar surface area (TPSA) is 77.8 Å². The van der Waals surface area contributed by atoms with Crippen molar-refractivity contribution >= 4 is 17.4 Å². The number of benzene rings is 1. The van der Waals surface area contributed by atoms with Crippen molar-refractivity contribution < 1.29 is 4.79 Å². The number of aromatic nitrogens is 1. The van der Waals surface area contributed by atoms with E-state index in [4.69, 9.17) is 5.26 Å². The largest absolute Gasteiger partial charge is 0.332 e. The second-order valence-corrected chi connectivity index (χ2v) is 6.37. The van der Waals surface area contributed by atoms with E-state index in [1.54, 1.807) is 29.7 Å². The molecule has 0 fully saturated rings. The first-order valence-corrected chi connectivity index (χ1v) is 7.80. The number of nitrogens with one attached hydrogen (secondary N) is 2. The van der Waals surface area contributed by atoms with Gasteiger partial charge in [-0.2, -0.15) is 5.26 Å². The van der Waals surface area contributed by atoms with Crippen LogP contribution in [-0.4, -0.2) is 11.0 Å². The van der Waals surface area contributed by atoms with Crippen LogP contribution in [0.1, 0.15) is 46.9 Å². The lowest BCUT2D eigenvalue weighted by molar-refractivity contribution is 0.235. The van der Waals surface area contributed by atoms with Crippen molar-refractivity contribution in [2.45, 2.75) is 32.9 Å². The minimum atomic E-state index is -0.254. The number of thiazole rings is 1. The number of rotatable bonds is 4. The molecule has 2 rings (SSSR count). The number of hydrogen-bond acceptors (Lipinski definition) is 4. The summed E-state index contributed by atoms with van der Waals surface area (Å²) in [5, 5.41) is 15.5. The first kappa shape index (κ1) is 16.0. The second kappa shape index (κ2) is 7.05. The molecule has 0 spiro atoms. The highest BCUT2D eigenvalue weighted by atomic mass is 32.1. The van der Waals surface area contributed by atoms with E-state index < -0.39 is 0 Å². The molecule has 0 saturated carbocycles. The summed E-state index contributed by atoms with van der Waals surface area (Å²) in [7, 11) is 0. The monoisotopic (exact) mass is 314 g/mol. The molecule has 0 bridgehead atoms. The molecule has 22 heavy (non-hydrogen) atoms. The van der Waals surface area contributed by atoms with Gasteiger partial charge in [-0.15, -0.1) is 11.3 Å². The van der Waals surface area contributed by atoms with Gasteiger partial charge in [-0.25, -0.2) is 9.78 Å². The summed E-state index contributed by atoms with van der Waals surface area (Å²) in [5.41, 5.74) is 1.48. The predicted molar refractivity (Wildman–Crippen MR) is 86.5 cm³/mol. The van der Waals surface area contributed by atoms with Crippen molar-refractivity contribution in [3.8, 4) is 6.07 Å². The van der Waals surface area contributed by atoms with E-state index in [9.17, 15) is 4.79 Å². The van der Waals surface area contributed by atoms with E-state index in [-0.39, 0.29) is 18.1 Å². The number of aryl methyl sites for hydroxylation is 1. The highest BCUT2D eigenvalue weighted by molar-refractivity contribution is 7.11. The molecule has 2 atom stereocenters. The van der Waals surface area contributed by atoms with E-state index in [1.165, 1.54) is 0 Å². The normalized spacial score (nSPS) is 13.0. The zero-order chi connectivity index (χ0) is 16.1. The number of hydrogen-bond donors (Lipinski definition) is 2. The molecule has 6 heteroatoms. The Morgan fingerprint density at radius 3 is 2.68 bits per heavy atom. The van der Waals surface area contributed by atoms with Crippen LogP contribution in [0.5, 0.6) is 0 Å². The van der Waals surface area contributed by atoms with Crippen LogP contribution in [0.25, 0.3) is 0 Å². The average Bonchev–Trinajstić information content (AvgIpc) is 2.93. The van der Waals surface area contributed by atoms with Crippen molar-refractivity contribution in [3.05, 3.63) is 51.5 Å². The van der Waals surface area contributed by atoms with Crippen LogP contribution in [0.15, 0.2) is 30.5 Å². The molecule has 2 aromatic rings. The zero-order valence-corrected chi connectivity index (χ0v) is 13.6. The van der Waals surface area contributed by atoms with Gasteiger partial charge < -0.3 is 10.6 Å². The van der Waals surface area contributed by atoms with E-state index in [1.807, 2.05) is 32.9 Å². The first-order chi connectivity index (χ1) is 10.5. The smallest absolute Gasteiger partial charge is 0.315 e. The number of urea groups is 1. The average molecular weight is 314 g/mol. The molecule has 2 N–H and O–H groups in total. The van der Waals surface area contributed by atoms with E-state index in [2.05, 4.69) is 21.7 Å². The van der Waals surface area contributed by atoms with Crippen LogP contribution in [-0.2, 0) is 0 Å². The van der Waals surface area contributed by atoms with Crippen LogP contribution < -0.4 is 10.6 Å². The van der Waals surface area contributed by atoms with Gasteiger partial charge in [0, 0.05) is 11.1 Å². The van der Waals surface area contributed by atoms with Crippen molar-refractivity contribution in [2.24, 2.45) is 0 Å².